The number of aromatic nitrogens is 2. The van der Waals surface area contributed by atoms with Crippen LogP contribution in [0.5, 0.6) is 6.01 Å². The number of anilines is 1. The average molecular weight is 611 g/mol. The maximum Gasteiger partial charge on any atom is 0.416 e. The third-order valence-corrected chi connectivity index (χ3v) is 7.40. The lowest BCUT2D eigenvalue weighted by Crippen LogP contribution is -2.42. The van der Waals surface area contributed by atoms with Gasteiger partial charge < -0.3 is 14.4 Å². The molecule has 2 heterocycles. The number of amides is 1. The number of ether oxygens (including phenoxy) is 2. The monoisotopic (exact) mass is 610 g/mol. The smallest absolute Gasteiger partial charge is 0.416 e. The molecule has 7 nitrogen and oxygen atoms in total. The summed E-state index contributed by atoms with van der Waals surface area (Å²) in [5, 5.41) is 0. The minimum Gasteiger partial charge on any atom is -0.462 e. The van der Waals surface area contributed by atoms with Crippen LogP contribution in [0.1, 0.15) is 36.1 Å². The van der Waals surface area contributed by atoms with Gasteiger partial charge in [0, 0.05) is 32.2 Å². The molecule has 1 aliphatic heterocycles. The molecular weight excluding hydrogens is 578 g/mol. The first kappa shape index (κ1) is 32.2. The lowest BCUT2D eigenvalue weighted by atomic mass is 9.81. The van der Waals surface area contributed by atoms with E-state index in [0.717, 1.165) is 23.6 Å². The summed E-state index contributed by atoms with van der Waals surface area (Å²) in [4.78, 5) is 26.0. The van der Waals surface area contributed by atoms with Gasteiger partial charge in [-0.05, 0) is 50.1 Å². The molecule has 0 N–H and O–H groups in total. The van der Waals surface area contributed by atoms with Crippen LogP contribution in [0.3, 0.4) is 0 Å². The molecule has 0 saturated carbocycles. The van der Waals surface area contributed by atoms with Gasteiger partial charge in [0.05, 0.1) is 41.6 Å². The molecule has 4 rings (SSSR count). The summed E-state index contributed by atoms with van der Waals surface area (Å²) in [5.41, 5.74) is -3.24. The molecule has 0 unspecified atom stereocenters. The van der Waals surface area contributed by atoms with E-state index in [-0.39, 0.29) is 17.8 Å². The van der Waals surface area contributed by atoms with E-state index in [4.69, 9.17) is 9.47 Å². The molecular formula is C30H32F6N4O3. The van der Waals surface area contributed by atoms with Crippen LogP contribution >= 0.6 is 0 Å². The number of halogens is 6. The molecule has 1 amide bonds. The fourth-order valence-electron chi connectivity index (χ4n) is 4.77. The van der Waals surface area contributed by atoms with E-state index in [2.05, 4.69) is 14.9 Å². The third-order valence-electron chi connectivity index (χ3n) is 7.40. The highest BCUT2D eigenvalue weighted by molar-refractivity contribution is 6.02. The van der Waals surface area contributed by atoms with Crippen molar-refractivity contribution < 1.29 is 40.6 Å². The Kier molecular flexibility index (Phi) is 9.36. The second kappa shape index (κ2) is 12.5. The predicted octanol–water partition coefficient (Wildman–Crippen LogP) is 6.14. The molecule has 13 heteroatoms. The Bertz CT molecular complexity index is 1420. The van der Waals surface area contributed by atoms with Gasteiger partial charge in [-0.3, -0.25) is 9.69 Å². The van der Waals surface area contributed by atoms with Gasteiger partial charge >= 0.3 is 18.4 Å². The van der Waals surface area contributed by atoms with Crippen LogP contribution in [0.4, 0.5) is 32.0 Å². The number of carbonyl (C=O) groups is 1. The molecule has 1 aliphatic rings. The summed E-state index contributed by atoms with van der Waals surface area (Å²) in [7, 11) is 1.38. The van der Waals surface area contributed by atoms with Gasteiger partial charge in [-0.2, -0.15) is 31.3 Å². The number of hydrogen-bond donors (Lipinski definition) is 0. The summed E-state index contributed by atoms with van der Waals surface area (Å²) >= 11 is 0. The fourth-order valence-corrected chi connectivity index (χ4v) is 4.77. The van der Waals surface area contributed by atoms with Gasteiger partial charge in [0.25, 0.3) is 0 Å². The van der Waals surface area contributed by atoms with Gasteiger partial charge in [0.2, 0.25) is 5.91 Å². The maximum atomic E-state index is 13.8. The third kappa shape index (κ3) is 7.45. The van der Waals surface area contributed by atoms with E-state index < -0.39 is 40.4 Å². The lowest BCUT2D eigenvalue weighted by molar-refractivity contribution is -0.143. The van der Waals surface area contributed by atoms with Crippen molar-refractivity contribution in [3.8, 4) is 17.3 Å². The first-order chi connectivity index (χ1) is 20.1. The number of rotatable bonds is 8. The minimum atomic E-state index is -5.05. The SMILES string of the molecule is Cc1ccccc1-c1nc(OCCN2CCOCC2)ncc1N(C)C(=O)C(C)(C)c1cc(C(F)(F)F)cc(C(F)(F)F)c1. The molecule has 43 heavy (non-hydrogen) atoms. The summed E-state index contributed by atoms with van der Waals surface area (Å²) in [6.45, 7) is 8.14. The minimum absolute atomic E-state index is 0.0374. The standard InChI is InChI=1S/C30H32F6N4O3/c1-19-7-5-6-8-23(19)25-24(18-37-27(38-25)43-14-11-40-9-12-42-13-10-40)39(4)26(41)28(2,3)20-15-21(29(31,32)33)17-22(16-20)30(34,35)36/h5-8,15-18H,9-14H2,1-4H3. The Balaban J connectivity index is 1.69. The molecule has 0 radical (unpaired) electrons. The Labute approximate surface area is 245 Å². The number of aryl methyl sites for hydroxylation is 1. The van der Waals surface area contributed by atoms with E-state index in [1.54, 1.807) is 12.1 Å². The van der Waals surface area contributed by atoms with Crippen LogP contribution in [-0.2, 0) is 27.3 Å². The van der Waals surface area contributed by atoms with Crippen molar-refractivity contribution in [3.05, 3.63) is 70.9 Å². The zero-order chi connectivity index (χ0) is 31.6. The van der Waals surface area contributed by atoms with E-state index in [0.29, 0.717) is 49.8 Å². The number of hydrogen-bond acceptors (Lipinski definition) is 6. The van der Waals surface area contributed by atoms with E-state index in [9.17, 15) is 31.1 Å². The molecule has 1 aromatic heterocycles. The van der Waals surface area contributed by atoms with Crippen molar-refractivity contribution in [2.45, 2.75) is 38.5 Å². The van der Waals surface area contributed by atoms with Crippen molar-refractivity contribution >= 4 is 11.6 Å². The Hall–Kier alpha value is -3.71. The summed E-state index contributed by atoms with van der Waals surface area (Å²) < 4.78 is 92.5. The Morgan fingerprint density at radius 1 is 0.977 bits per heavy atom. The summed E-state index contributed by atoms with van der Waals surface area (Å²) in [6, 6.07) is 8.47. The van der Waals surface area contributed by atoms with Gasteiger partial charge in [0.1, 0.15) is 12.3 Å². The molecule has 0 spiro atoms. The van der Waals surface area contributed by atoms with E-state index in [1.165, 1.54) is 27.1 Å². The topological polar surface area (TPSA) is 67.8 Å². The number of benzene rings is 2. The number of alkyl halides is 6. The Morgan fingerprint density at radius 2 is 1.56 bits per heavy atom. The molecule has 0 aliphatic carbocycles. The normalized spacial score (nSPS) is 14.9. The van der Waals surface area contributed by atoms with Crippen molar-refractivity contribution in [1.29, 1.82) is 0 Å². The Morgan fingerprint density at radius 3 is 2.14 bits per heavy atom. The van der Waals surface area contributed by atoms with Gasteiger partial charge in [0.15, 0.2) is 0 Å². The largest absolute Gasteiger partial charge is 0.462 e. The molecule has 3 aromatic rings. The van der Waals surface area contributed by atoms with Crippen molar-refractivity contribution in [2.75, 3.05) is 51.4 Å². The predicted molar refractivity (Wildman–Crippen MR) is 148 cm³/mol. The van der Waals surface area contributed by atoms with E-state index >= 15 is 0 Å². The van der Waals surface area contributed by atoms with Gasteiger partial charge in [-0.15, -0.1) is 0 Å². The van der Waals surface area contributed by atoms with Crippen LogP contribution in [0.15, 0.2) is 48.7 Å². The van der Waals surface area contributed by atoms with Gasteiger partial charge in [-0.1, -0.05) is 24.3 Å². The lowest BCUT2D eigenvalue weighted by Gasteiger charge is -2.31. The molecule has 1 fully saturated rings. The van der Waals surface area contributed by atoms with E-state index in [1.807, 2.05) is 19.1 Å². The van der Waals surface area contributed by atoms with Crippen LogP contribution in [-0.4, -0.2) is 67.3 Å². The van der Waals surface area contributed by atoms with Crippen molar-refractivity contribution in [3.63, 3.8) is 0 Å². The molecule has 0 bridgehead atoms. The summed E-state index contributed by atoms with van der Waals surface area (Å²) in [6.07, 6.45) is -8.74. The van der Waals surface area contributed by atoms with Crippen LogP contribution in [0, 0.1) is 6.92 Å². The molecule has 0 atom stereocenters. The van der Waals surface area contributed by atoms with Crippen LogP contribution in [0.2, 0.25) is 0 Å². The van der Waals surface area contributed by atoms with Crippen LogP contribution in [0.25, 0.3) is 11.3 Å². The molecule has 232 valence electrons. The number of nitrogens with zero attached hydrogens (tertiary/aromatic N) is 4. The quantitative estimate of drug-likeness (QED) is 0.286. The first-order valence-corrected chi connectivity index (χ1v) is 13.5. The second-order valence-corrected chi connectivity index (χ2v) is 10.8. The highest BCUT2D eigenvalue weighted by Crippen LogP contribution is 2.40. The molecule has 1 saturated heterocycles. The zero-order valence-corrected chi connectivity index (χ0v) is 24.1. The average Bonchev–Trinajstić information content (AvgIpc) is 2.96. The summed E-state index contributed by atoms with van der Waals surface area (Å²) in [5.74, 6) is -0.764. The second-order valence-electron chi connectivity index (χ2n) is 10.8. The van der Waals surface area contributed by atoms with Crippen molar-refractivity contribution in [2.24, 2.45) is 0 Å². The first-order valence-electron chi connectivity index (χ1n) is 13.5. The highest BCUT2D eigenvalue weighted by atomic mass is 19.4. The molecule has 2 aromatic carbocycles. The van der Waals surface area contributed by atoms with Crippen LogP contribution < -0.4 is 9.64 Å². The number of morpholine rings is 1. The number of carbonyl (C=O) groups excluding carboxylic acids is 1. The zero-order valence-electron chi connectivity index (χ0n) is 24.1. The number of likely N-dealkylation sites (N-methyl/N-ethyl adjacent to an activating group) is 1. The van der Waals surface area contributed by atoms with Crippen molar-refractivity contribution in [1.82, 2.24) is 14.9 Å². The van der Waals surface area contributed by atoms with Gasteiger partial charge in [-0.25, -0.2) is 4.98 Å². The fraction of sp³-hybridized carbons (Fsp3) is 0.433. The highest BCUT2D eigenvalue weighted by Gasteiger charge is 2.41. The maximum absolute atomic E-state index is 13.8.